The monoisotopic (exact) mass is 505 g/mol. The summed E-state index contributed by atoms with van der Waals surface area (Å²) in [6, 6.07) is 13.4. The lowest BCUT2D eigenvalue weighted by atomic mass is 9.85. The Kier molecular flexibility index (Phi) is 7.20. The van der Waals surface area contributed by atoms with Crippen molar-refractivity contribution in [3.05, 3.63) is 59.4 Å². The third kappa shape index (κ3) is 4.70. The predicted octanol–water partition coefficient (Wildman–Crippen LogP) is 5.08. The van der Waals surface area contributed by atoms with Crippen LogP contribution in [0.15, 0.2) is 42.5 Å². The maximum Gasteiger partial charge on any atom is 0.414 e. The number of rotatable bonds is 6. The first-order chi connectivity index (χ1) is 17.9. The second-order valence-electron chi connectivity index (χ2n) is 10.4. The molecule has 8 heteroatoms. The lowest BCUT2D eigenvalue weighted by Crippen LogP contribution is -2.42. The molecule has 0 saturated heterocycles. The normalized spacial score (nSPS) is 22.5. The van der Waals surface area contributed by atoms with Crippen molar-refractivity contribution in [3.8, 4) is 0 Å². The molecule has 8 nitrogen and oxygen atoms in total. The van der Waals surface area contributed by atoms with Gasteiger partial charge in [0, 0.05) is 30.7 Å². The highest BCUT2D eigenvalue weighted by Gasteiger charge is 2.34. The first-order valence-corrected chi connectivity index (χ1v) is 13.2. The summed E-state index contributed by atoms with van der Waals surface area (Å²) in [6.07, 6.45) is 5.25. The van der Waals surface area contributed by atoms with Crippen molar-refractivity contribution in [3.63, 3.8) is 0 Å². The fourth-order valence-electron chi connectivity index (χ4n) is 6.25. The summed E-state index contributed by atoms with van der Waals surface area (Å²) >= 11 is 0. The number of anilines is 1. The smallest absolute Gasteiger partial charge is 0.414 e. The molecular weight excluding hydrogens is 470 g/mol. The van der Waals surface area contributed by atoms with Gasteiger partial charge < -0.3 is 19.5 Å². The summed E-state index contributed by atoms with van der Waals surface area (Å²) in [6.45, 7) is 2.17. The van der Waals surface area contributed by atoms with E-state index in [0.717, 1.165) is 72.2 Å². The molecule has 1 aliphatic carbocycles. The number of hydrogen-bond donors (Lipinski definition) is 2. The summed E-state index contributed by atoms with van der Waals surface area (Å²) in [5.74, 6) is -0.640. The maximum atomic E-state index is 12.6. The van der Waals surface area contributed by atoms with Crippen LogP contribution in [0.4, 0.5) is 10.5 Å². The number of carbonyl (C=O) groups excluding carboxylic acids is 1. The van der Waals surface area contributed by atoms with Crippen molar-refractivity contribution in [2.24, 2.45) is 5.92 Å². The van der Waals surface area contributed by atoms with Gasteiger partial charge in [-0.1, -0.05) is 36.8 Å². The molecule has 2 aliphatic rings. The van der Waals surface area contributed by atoms with Gasteiger partial charge in [-0.15, -0.1) is 0 Å². The molecular formula is C29H35N3O5. The molecule has 0 radical (unpaired) electrons. The molecule has 0 unspecified atom stereocenters. The second kappa shape index (κ2) is 10.5. The molecule has 0 bridgehead atoms. The van der Waals surface area contributed by atoms with E-state index in [1.165, 1.54) is 7.11 Å². The number of imidazole rings is 1. The van der Waals surface area contributed by atoms with Crippen LogP contribution in [-0.4, -0.2) is 51.6 Å². The van der Waals surface area contributed by atoms with Gasteiger partial charge in [-0.25, -0.2) is 9.78 Å². The largest absolute Gasteiger partial charge is 0.481 e. The minimum atomic E-state index is -0.880. The summed E-state index contributed by atoms with van der Waals surface area (Å²) in [7, 11) is 1.39. The zero-order valence-electron chi connectivity index (χ0n) is 21.5. The lowest BCUT2D eigenvalue weighted by Gasteiger charge is -2.34. The van der Waals surface area contributed by atoms with Crippen molar-refractivity contribution in [2.45, 2.75) is 69.9 Å². The van der Waals surface area contributed by atoms with Crippen LogP contribution in [0, 0.1) is 5.92 Å². The second-order valence-corrected chi connectivity index (χ2v) is 10.4. The van der Waals surface area contributed by atoms with E-state index in [0.29, 0.717) is 0 Å². The molecule has 196 valence electrons. The van der Waals surface area contributed by atoms with Gasteiger partial charge in [0.25, 0.3) is 0 Å². The van der Waals surface area contributed by atoms with Gasteiger partial charge in [-0.2, -0.15) is 0 Å². The third-order valence-corrected chi connectivity index (χ3v) is 8.16. The number of aromatic nitrogens is 2. The topological polar surface area (TPSA) is 105 Å². The molecule has 0 spiro atoms. The standard InChI is InChI=1S/C29H35N3O5/c1-18-11-12-22-24(31(18)29(36)37-2)13-14-25-27(22)30-26(32(25)21-10-6-7-19(15-21)17-33)16-23(28(34)35)20-8-4-3-5-9-20/h3-5,8-9,13-14,18-19,21,23,33H,6-7,10-12,15-17H2,1-2H3,(H,34,35)/t18-,19-,21+,23+/m0/s1. The van der Waals surface area contributed by atoms with Crippen LogP contribution in [-0.2, 0) is 22.4 Å². The Morgan fingerprint density at radius 1 is 1.14 bits per heavy atom. The van der Waals surface area contributed by atoms with E-state index in [9.17, 15) is 19.8 Å². The van der Waals surface area contributed by atoms with Gasteiger partial charge in [-0.3, -0.25) is 9.69 Å². The Morgan fingerprint density at radius 3 is 2.62 bits per heavy atom. The number of benzene rings is 2. The predicted molar refractivity (Wildman–Crippen MR) is 141 cm³/mol. The van der Waals surface area contributed by atoms with Gasteiger partial charge >= 0.3 is 12.1 Å². The van der Waals surface area contributed by atoms with Crippen LogP contribution in [0.5, 0.6) is 0 Å². The molecule has 1 aromatic heterocycles. The van der Waals surface area contributed by atoms with E-state index < -0.39 is 11.9 Å². The number of carboxylic acid groups (broad SMARTS) is 1. The number of aryl methyl sites for hydroxylation is 1. The van der Waals surface area contributed by atoms with Crippen molar-refractivity contribution in [2.75, 3.05) is 18.6 Å². The fourth-order valence-corrected chi connectivity index (χ4v) is 6.25. The molecule has 5 rings (SSSR count). The van der Waals surface area contributed by atoms with Gasteiger partial charge in [0.15, 0.2) is 0 Å². The van der Waals surface area contributed by atoms with E-state index in [1.54, 1.807) is 4.90 Å². The number of ether oxygens (including phenoxy) is 1. The first-order valence-electron chi connectivity index (χ1n) is 13.2. The zero-order valence-corrected chi connectivity index (χ0v) is 21.5. The summed E-state index contributed by atoms with van der Waals surface area (Å²) in [5.41, 5.74) is 4.36. The maximum absolute atomic E-state index is 12.6. The summed E-state index contributed by atoms with van der Waals surface area (Å²) in [4.78, 5) is 31.8. The number of aliphatic hydroxyl groups is 1. The fraction of sp³-hybridized carbons (Fsp3) is 0.483. The molecule has 1 saturated carbocycles. The molecule has 1 fully saturated rings. The summed E-state index contributed by atoms with van der Waals surface area (Å²) < 4.78 is 7.31. The Hall–Kier alpha value is -3.39. The quantitative estimate of drug-likeness (QED) is 0.484. The van der Waals surface area contributed by atoms with Crippen LogP contribution in [0.2, 0.25) is 0 Å². The summed E-state index contributed by atoms with van der Waals surface area (Å²) in [5, 5.41) is 20.1. The van der Waals surface area contributed by atoms with Gasteiger partial charge in [0.05, 0.1) is 29.7 Å². The lowest BCUT2D eigenvalue weighted by molar-refractivity contribution is -0.138. The van der Waals surface area contributed by atoms with Crippen LogP contribution in [0.1, 0.15) is 67.9 Å². The van der Waals surface area contributed by atoms with Crippen molar-refractivity contribution in [1.82, 2.24) is 9.55 Å². The number of carbonyl (C=O) groups is 2. The minimum Gasteiger partial charge on any atom is -0.481 e. The van der Waals surface area contributed by atoms with Crippen LogP contribution in [0.25, 0.3) is 11.0 Å². The van der Waals surface area contributed by atoms with E-state index in [2.05, 4.69) is 4.57 Å². The number of carboxylic acids is 1. The molecule has 2 heterocycles. The SMILES string of the molecule is COC(=O)N1c2ccc3c(nc(C[C@@H](C(=O)O)c4ccccc4)n3[C@@H]3CCC[C@H](CO)C3)c2CC[C@@H]1C. The molecule has 2 N–H and O–H groups in total. The first kappa shape index (κ1) is 25.3. The average molecular weight is 506 g/mol. The highest BCUT2D eigenvalue weighted by atomic mass is 16.5. The van der Waals surface area contributed by atoms with Gasteiger partial charge in [-0.05, 0) is 62.6 Å². The van der Waals surface area contributed by atoms with E-state index in [-0.39, 0.29) is 37.1 Å². The Balaban J connectivity index is 1.66. The van der Waals surface area contributed by atoms with Crippen LogP contribution < -0.4 is 4.90 Å². The molecule has 3 aromatic rings. The van der Waals surface area contributed by atoms with Gasteiger partial charge in [0.1, 0.15) is 5.82 Å². The Bertz CT molecular complexity index is 1290. The molecule has 1 amide bonds. The molecule has 37 heavy (non-hydrogen) atoms. The van der Waals surface area contributed by atoms with Crippen LogP contribution >= 0.6 is 0 Å². The number of nitrogens with zero attached hydrogens (tertiary/aromatic N) is 3. The van der Waals surface area contributed by atoms with Crippen LogP contribution in [0.3, 0.4) is 0 Å². The number of aliphatic carboxylic acids is 1. The molecule has 1 aliphatic heterocycles. The third-order valence-electron chi connectivity index (χ3n) is 8.16. The zero-order chi connectivity index (χ0) is 26.1. The Morgan fingerprint density at radius 2 is 1.92 bits per heavy atom. The van der Waals surface area contributed by atoms with Crippen molar-refractivity contribution >= 4 is 28.8 Å². The van der Waals surface area contributed by atoms with E-state index >= 15 is 0 Å². The highest BCUT2D eigenvalue weighted by Crippen LogP contribution is 2.41. The van der Waals surface area contributed by atoms with Gasteiger partial charge in [0.2, 0.25) is 0 Å². The number of aliphatic hydroxyl groups excluding tert-OH is 1. The van der Waals surface area contributed by atoms with E-state index in [1.807, 2.05) is 49.4 Å². The number of methoxy groups -OCH3 is 1. The van der Waals surface area contributed by atoms with E-state index in [4.69, 9.17) is 9.72 Å². The number of hydrogen-bond acceptors (Lipinski definition) is 5. The molecule has 4 atom stereocenters. The average Bonchev–Trinajstić information content (AvgIpc) is 3.30. The highest BCUT2D eigenvalue weighted by molar-refractivity contribution is 5.95. The molecule has 2 aromatic carbocycles. The minimum absolute atomic E-state index is 0.0112. The van der Waals surface area contributed by atoms with Crippen molar-refractivity contribution in [1.29, 1.82) is 0 Å². The number of fused-ring (bicyclic) bond motifs is 3. The number of amides is 1. The Labute approximate surface area is 216 Å². The van der Waals surface area contributed by atoms with Crippen molar-refractivity contribution < 1.29 is 24.5 Å².